The van der Waals surface area contributed by atoms with Crippen molar-refractivity contribution in [3.8, 4) is 0 Å². The molecule has 2 fully saturated rings. The molecule has 0 saturated heterocycles. The van der Waals surface area contributed by atoms with Gasteiger partial charge in [0.25, 0.3) is 0 Å². The quantitative estimate of drug-likeness (QED) is 0.490. The topological polar surface area (TPSA) is 17.1 Å². The highest BCUT2D eigenvalue weighted by molar-refractivity contribution is 6.06. The second-order valence-corrected chi connectivity index (χ2v) is 7.28. The monoisotopic (exact) mass is 232 g/mol. The van der Waals surface area contributed by atoms with Crippen LogP contribution in [0.5, 0.6) is 0 Å². The van der Waals surface area contributed by atoms with Crippen LogP contribution in [0.1, 0.15) is 47.5 Å². The summed E-state index contributed by atoms with van der Waals surface area (Å²) in [6.07, 6.45) is 6.21. The number of rotatable bonds is 1. The first-order valence-electron chi connectivity index (χ1n) is 6.57. The molecule has 1 heteroatoms. The highest BCUT2D eigenvalue weighted by Gasteiger charge is 2.65. The molecule has 1 nitrogen and oxygen atoms in total. The number of ketones is 1. The summed E-state index contributed by atoms with van der Waals surface area (Å²) in [6.45, 7) is 14.9. The second kappa shape index (κ2) is 3.34. The van der Waals surface area contributed by atoms with E-state index in [-0.39, 0.29) is 16.2 Å². The van der Waals surface area contributed by atoms with Crippen LogP contribution in [-0.4, -0.2) is 5.78 Å². The van der Waals surface area contributed by atoms with Crippen LogP contribution in [0.2, 0.25) is 0 Å². The zero-order chi connectivity index (χ0) is 13.1. The summed E-state index contributed by atoms with van der Waals surface area (Å²) < 4.78 is 0. The average Bonchev–Trinajstić information content (AvgIpc) is 2.51. The van der Waals surface area contributed by atoms with Crippen molar-refractivity contribution in [3.63, 3.8) is 0 Å². The number of allylic oxidation sites excluding steroid dienone is 3. The predicted octanol–water partition coefficient (Wildman–Crippen LogP) is 4.15. The van der Waals surface area contributed by atoms with Crippen molar-refractivity contribution in [2.75, 3.05) is 0 Å². The van der Waals surface area contributed by atoms with Gasteiger partial charge in [0.15, 0.2) is 5.78 Å². The van der Waals surface area contributed by atoms with Crippen LogP contribution in [0, 0.1) is 22.2 Å². The molecule has 94 valence electrons. The van der Waals surface area contributed by atoms with Crippen molar-refractivity contribution in [1.82, 2.24) is 0 Å². The molecule has 2 bridgehead atoms. The Kier molecular flexibility index (Phi) is 2.47. The fourth-order valence-corrected chi connectivity index (χ4v) is 3.82. The lowest BCUT2D eigenvalue weighted by Crippen LogP contribution is -2.33. The third-order valence-corrected chi connectivity index (χ3v) is 4.83. The van der Waals surface area contributed by atoms with E-state index < -0.39 is 0 Å². The fraction of sp³-hybridized carbons (Fsp3) is 0.688. The molecule has 0 aromatic heterocycles. The van der Waals surface area contributed by atoms with E-state index in [1.54, 1.807) is 0 Å². The molecule has 0 N–H and O–H groups in total. The molecule has 0 aromatic carbocycles. The van der Waals surface area contributed by atoms with Gasteiger partial charge in [-0.25, -0.2) is 0 Å². The maximum atomic E-state index is 12.7. The molecule has 17 heavy (non-hydrogen) atoms. The second-order valence-electron chi connectivity index (χ2n) is 7.28. The van der Waals surface area contributed by atoms with E-state index in [9.17, 15) is 4.79 Å². The number of Topliss-reactive ketones (excluding diaryl/α,β-unsaturated/α-hetero) is 1. The molecule has 2 rings (SSSR count). The van der Waals surface area contributed by atoms with Crippen molar-refractivity contribution in [1.29, 1.82) is 0 Å². The van der Waals surface area contributed by atoms with Crippen molar-refractivity contribution in [2.24, 2.45) is 22.2 Å². The van der Waals surface area contributed by atoms with Crippen molar-refractivity contribution in [2.45, 2.75) is 47.5 Å². The number of carbonyl (C=O) groups is 1. The van der Waals surface area contributed by atoms with Gasteiger partial charge >= 0.3 is 0 Å². The summed E-state index contributed by atoms with van der Waals surface area (Å²) in [4.78, 5) is 12.7. The van der Waals surface area contributed by atoms with Crippen LogP contribution in [0.25, 0.3) is 0 Å². The smallest absolute Gasteiger partial charge is 0.169 e. The standard InChI is InChI=1S/C16H24O/c1-7-16-9-8-12(15(16,5)6)11(13(16)17)10-14(2,3)4/h7,10,12H,1,8-9H2,2-6H3. The van der Waals surface area contributed by atoms with E-state index in [2.05, 4.69) is 47.3 Å². The molecule has 0 spiro atoms. The largest absolute Gasteiger partial charge is 0.294 e. The van der Waals surface area contributed by atoms with Gasteiger partial charge in [0.2, 0.25) is 0 Å². The molecule has 0 heterocycles. The fourth-order valence-electron chi connectivity index (χ4n) is 3.82. The van der Waals surface area contributed by atoms with E-state index in [0.717, 1.165) is 18.4 Å². The van der Waals surface area contributed by atoms with E-state index >= 15 is 0 Å². The number of hydrogen-bond donors (Lipinski definition) is 0. The van der Waals surface area contributed by atoms with Crippen LogP contribution in [0.15, 0.2) is 24.3 Å². The Balaban J connectivity index is 2.55. The summed E-state index contributed by atoms with van der Waals surface area (Å²) in [7, 11) is 0. The van der Waals surface area contributed by atoms with Crippen LogP contribution < -0.4 is 0 Å². The van der Waals surface area contributed by atoms with Gasteiger partial charge in [0.1, 0.15) is 0 Å². The Bertz CT molecular complexity index is 406. The van der Waals surface area contributed by atoms with Gasteiger partial charge in [-0.1, -0.05) is 46.8 Å². The first kappa shape index (κ1) is 12.6. The third kappa shape index (κ3) is 1.47. The van der Waals surface area contributed by atoms with Crippen molar-refractivity contribution < 1.29 is 4.79 Å². The van der Waals surface area contributed by atoms with Gasteiger partial charge in [0.05, 0.1) is 5.41 Å². The van der Waals surface area contributed by atoms with Gasteiger partial charge in [-0.3, -0.25) is 4.79 Å². The van der Waals surface area contributed by atoms with Crippen LogP contribution >= 0.6 is 0 Å². The van der Waals surface area contributed by atoms with E-state index in [1.165, 1.54) is 0 Å². The summed E-state index contributed by atoms with van der Waals surface area (Å²) in [5.41, 5.74) is 0.889. The number of hydrogen-bond acceptors (Lipinski definition) is 1. The zero-order valence-corrected chi connectivity index (χ0v) is 11.8. The van der Waals surface area contributed by atoms with Crippen LogP contribution in [0.3, 0.4) is 0 Å². The SMILES string of the molecule is C=CC12CCC(C(=CC(C)(C)C)C1=O)C2(C)C. The van der Waals surface area contributed by atoms with Crippen molar-refractivity contribution in [3.05, 3.63) is 24.3 Å². The normalized spacial score (nSPS) is 37.8. The Morgan fingerprint density at radius 1 is 1.35 bits per heavy atom. The van der Waals surface area contributed by atoms with E-state index in [4.69, 9.17) is 0 Å². The molecule has 2 atom stereocenters. The summed E-state index contributed by atoms with van der Waals surface area (Å²) >= 11 is 0. The molecule has 2 unspecified atom stereocenters. The minimum Gasteiger partial charge on any atom is -0.294 e. The molecule has 2 aliphatic carbocycles. The molecule has 0 radical (unpaired) electrons. The van der Waals surface area contributed by atoms with E-state index in [1.807, 2.05) is 6.08 Å². The molecular weight excluding hydrogens is 208 g/mol. The number of carbonyl (C=O) groups excluding carboxylic acids is 1. The number of fused-ring (bicyclic) bond motifs is 2. The lowest BCUT2D eigenvalue weighted by atomic mass is 9.69. The Morgan fingerprint density at radius 2 is 1.94 bits per heavy atom. The van der Waals surface area contributed by atoms with Gasteiger partial charge in [0, 0.05) is 0 Å². The lowest BCUT2D eigenvalue weighted by Gasteiger charge is -2.32. The van der Waals surface area contributed by atoms with Crippen molar-refractivity contribution >= 4 is 5.78 Å². The maximum absolute atomic E-state index is 12.7. The average molecular weight is 232 g/mol. The first-order chi connectivity index (χ1) is 7.66. The first-order valence-corrected chi connectivity index (χ1v) is 6.57. The molecule has 0 aliphatic heterocycles. The molecular formula is C16H24O. The molecule has 0 amide bonds. The minimum atomic E-state index is -0.297. The molecule has 0 aromatic rings. The zero-order valence-electron chi connectivity index (χ0n) is 11.8. The summed E-state index contributed by atoms with van der Waals surface area (Å²) in [5.74, 6) is 0.760. The van der Waals surface area contributed by atoms with Gasteiger partial charge in [-0.05, 0) is 35.2 Å². The third-order valence-electron chi connectivity index (χ3n) is 4.83. The summed E-state index contributed by atoms with van der Waals surface area (Å²) in [5, 5.41) is 0. The Hall–Kier alpha value is -0.850. The van der Waals surface area contributed by atoms with Crippen LogP contribution in [0.4, 0.5) is 0 Å². The Morgan fingerprint density at radius 3 is 2.35 bits per heavy atom. The predicted molar refractivity (Wildman–Crippen MR) is 71.7 cm³/mol. The maximum Gasteiger partial charge on any atom is 0.169 e. The van der Waals surface area contributed by atoms with E-state index in [0.29, 0.717) is 11.7 Å². The lowest BCUT2D eigenvalue weighted by molar-refractivity contribution is -0.123. The minimum absolute atomic E-state index is 0.0446. The summed E-state index contributed by atoms with van der Waals surface area (Å²) in [6, 6.07) is 0. The van der Waals surface area contributed by atoms with Gasteiger partial charge in [-0.2, -0.15) is 0 Å². The van der Waals surface area contributed by atoms with Crippen LogP contribution in [-0.2, 0) is 4.79 Å². The molecule has 2 aliphatic rings. The molecule has 2 saturated carbocycles. The van der Waals surface area contributed by atoms with Gasteiger partial charge < -0.3 is 0 Å². The van der Waals surface area contributed by atoms with Gasteiger partial charge in [-0.15, -0.1) is 6.58 Å². The highest BCUT2D eigenvalue weighted by atomic mass is 16.1. The highest BCUT2D eigenvalue weighted by Crippen LogP contribution is 2.66. The Labute approximate surface area is 105 Å².